The Balaban J connectivity index is 1.72. The third kappa shape index (κ3) is 6.06. The minimum absolute atomic E-state index is 0.177. The Kier molecular flexibility index (Phi) is 6.74. The largest absolute Gasteiger partial charge is 0.481 e. The van der Waals surface area contributed by atoms with Gasteiger partial charge in [-0.25, -0.2) is 4.79 Å². The molecule has 0 unspecified atom stereocenters. The zero-order chi connectivity index (χ0) is 18.2. The molecule has 0 radical (unpaired) electrons. The summed E-state index contributed by atoms with van der Waals surface area (Å²) in [5, 5.41) is 8.96. The minimum Gasteiger partial charge on any atom is -0.481 e. The lowest BCUT2D eigenvalue weighted by atomic mass is 9.87. The van der Waals surface area contributed by atoms with Crippen LogP contribution < -0.4 is 4.74 Å². The van der Waals surface area contributed by atoms with Gasteiger partial charge >= 0.3 is 17.9 Å². The van der Waals surface area contributed by atoms with Gasteiger partial charge in [-0.05, 0) is 49.8 Å². The van der Waals surface area contributed by atoms with Gasteiger partial charge < -0.3 is 14.6 Å². The fourth-order valence-corrected chi connectivity index (χ4v) is 2.80. The Labute approximate surface area is 146 Å². The maximum atomic E-state index is 11.9. The van der Waals surface area contributed by atoms with Crippen molar-refractivity contribution in [1.82, 2.24) is 0 Å². The number of hydrogen-bond acceptors (Lipinski definition) is 5. The van der Waals surface area contributed by atoms with Crippen molar-refractivity contribution >= 4 is 17.9 Å². The second-order valence-electron chi connectivity index (χ2n) is 6.07. The molecule has 6 nitrogen and oxygen atoms in total. The highest BCUT2D eigenvalue weighted by Crippen LogP contribution is 2.26. The molecule has 2 rings (SSSR count). The summed E-state index contributed by atoms with van der Waals surface area (Å²) in [4.78, 5) is 33.9. The van der Waals surface area contributed by atoms with Gasteiger partial charge in [0, 0.05) is 12.5 Å². The van der Waals surface area contributed by atoms with Crippen molar-refractivity contribution in [3.63, 3.8) is 0 Å². The average molecular weight is 346 g/mol. The molecule has 0 spiro atoms. The van der Waals surface area contributed by atoms with Crippen LogP contribution in [0.4, 0.5) is 0 Å². The SMILES string of the molecule is C=CC(=O)Oc1ccc(CCC(=O)OC2CCC(C(=O)O)CC2)cc1. The molecule has 1 aliphatic carbocycles. The number of ether oxygens (including phenoxy) is 2. The summed E-state index contributed by atoms with van der Waals surface area (Å²) < 4.78 is 10.4. The summed E-state index contributed by atoms with van der Waals surface area (Å²) in [6.07, 6.45) is 4.01. The molecule has 1 aromatic rings. The molecule has 0 bridgehead atoms. The zero-order valence-corrected chi connectivity index (χ0v) is 14.0. The first-order chi connectivity index (χ1) is 12.0. The molecule has 0 aromatic heterocycles. The highest BCUT2D eigenvalue weighted by Gasteiger charge is 2.27. The summed E-state index contributed by atoms with van der Waals surface area (Å²) in [6, 6.07) is 6.90. The van der Waals surface area contributed by atoms with Crippen LogP contribution in [-0.2, 0) is 25.5 Å². The van der Waals surface area contributed by atoms with Gasteiger partial charge in [0.05, 0.1) is 5.92 Å². The van der Waals surface area contributed by atoms with Gasteiger partial charge in [-0.3, -0.25) is 9.59 Å². The Morgan fingerprint density at radius 1 is 1.12 bits per heavy atom. The van der Waals surface area contributed by atoms with Crippen LogP contribution in [0.5, 0.6) is 5.75 Å². The monoisotopic (exact) mass is 346 g/mol. The third-order valence-electron chi connectivity index (χ3n) is 4.25. The highest BCUT2D eigenvalue weighted by molar-refractivity contribution is 5.83. The second kappa shape index (κ2) is 9.01. The summed E-state index contributed by atoms with van der Waals surface area (Å²) in [6.45, 7) is 3.33. The van der Waals surface area contributed by atoms with E-state index in [0.717, 1.165) is 11.6 Å². The van der Waals surface area contributed by atoms with Crippen molar-refractivity contribution in [1.29, 1.82) is 0 Å². The molecule has 0 atom stereocenters. The van der Waals surface area contributed by atoms with Gasteiger partial charge in [-0.2, -0.15) is 0 Å². The molecule has 25 heavy (non-hydrogen) atoms. The lowest BCUT2D eigenvalue weighted by molar-refractivity contribution is -0.152. The van der Waals surface area contributed by atoms with Crippen molar-refractivity contribution in [2.24, 2.45) is 5.92 Å². The van der Waals surface area contributed by atoms with E-state index < -0.39 is 11.9 Å². The molecule has 0 heterocycles. The number of carbonyl (C=O) groups excluding carboxylic acids is 2. The highest BCUT2D eigenvalue weighted by atomic mass is 16.5. The van der Waals surface area contributed by atoms with E-state index in [-0.39, 0.29) is 24.4 Å². The summed E-state index contributed by atoms with van der Waals surface area (Å²) in [5.74, 6) is -1.46. The van der Waals surface area contributed by atoms with Gasteiger partial charge in [0.1, 0.15) is 11.9 Å². The molecule has 1 aromatic carbocycles. The Morgan fingerprint density at radius 2 is 1.76 bits per heavy atom. The van der Waals surface area contributed by atoms with E-state index in [1.54, 1.807) is 24.3 Å². The van der Waals surface area contributed by atoms with Crippen LogP contribution in [0.15, 0.2) is 36.9 Å². The number of aliphatic carboxylic acids is 1. The van der Waals surface area contributed by atoms with Crippen LogP contribution in [-0.4, -0.2) is 29.1 Å². The predicted molar refractivity (Wildman–Crippen MR) is 90.1 cm³/mol. The minimum atomic E-state index is -0.771. The van der Waals surface area contributed by atoms with Crippen molar-refractivity contribution in [2.45, 2.75) is 44.6 Å². The number of rotatable bonds is 7. The lowest BCUT2D eigenvalue weighted by Crippen LogP contribution is -2.27. The van der Waals surface area contributed by atoms with Gasteiger partial charge in [-0.1, -0.05) is 18.7 Å². The molecule has 0 saturated heterocycles. The maximum Gasteiger partial charge on any atom is 0.335 e. The molecular weight excluding hydrogens is 324 g/mol. The third-order valence-corrected chi connectivity index (χ3v) is 4.25. The maximum absolute atomic E-state index is 11.9. The van der Waals surface area contributed by atoms with Crippen LogP contribution in [0.2, 0.25) is 0 Å². The summed E-state index contributed by atoms with van der Waals surface area (Å²) in [7, 11) is 0. The Bertz CT molecular complexity index is 626. The number of carboxylic acids is 1. The molecule has 1 fully saturated rings. The quantitative estimate of drug-likeness (QED) is 0.464. The fourth-order valence-electron chi connectivity index (χ4n) is 2.80. The van der Waals surface area contributed by atoms with Crippen LogP contribution in [0.25, 0.3) is 0 Å². The van der Waals surface area contributed by atoms with Crippen molar-refractivity contribution < 1.29 is 29.0 Å². The number of esters is 2. The molecule has 1 saturated carbocycles. The molecule has 134 valence electrons. The molecule has 0 amide bonds. The van der Waals surface area contributed by atoms with Gasteiger partial charge in [0.25, 0.3) is 0 Å². The smallest absolute Gasteiger partial charge is 0.335 e. The van der Waals surface area contributed by atoms with Crippen LogP contribution in [0.1, 0.15) is 37.7 Å². The number of aryl methyl sites for hydroxylation is 1. The van der Waals surface area contributed by atoms with Crippen LogP contribution in [0.3, 0.4) is 0 Å². The first-order valence-electron chi connectivity index (χ1n) is 8.33. The number of benzene rings is 1. The Morgan fingerprint density at radius 3 is 2.32 bits per heavy atom. The lowest BCUT2D eigenvalue weighted by Gasteiger charge is -2.25. The van der Waals surface area contributed by atoms with Crippen molar-refractivity contribution in [2.75, 3.05) is 0 Å². The average Bonchev–Trinajstić information content (AvgIpc) is 2.61. The summed E-state index contributed by atoms with van der Waals surface area (Å²) >= 11 is 0. The van der Waals surface area contributed by atoms with E-state index in [1.165, 1.54) is 0 Å². The van der Waals surface area contributed by atoms with Crippen LogP contribution in [0, 0.1) is 5.92 Å². The van der Waals surface area contributed by atoms with Crippen molar-refractivity contribution in [3.8, 4) is 5.75 Å². The van der Waals surface area contributed by atoms with Crippen molar-refractivity contribution in [3.05, 3.63) is 42.5 Å². The van der Waals surface area contributed by atoms with Crippen LogP contribution >= 0.6 is 0 Å². The molecular formula is C19H22O6. The first kappa shape index (κ1) is 18.7. The zero-order valence-electron chi connectivity index (χ0n) is 14.0. The summed E-state index contributed by atoms with van der Waals surface area (Å²) in [5.41, 5.74) is 0.935. The molecule has 0 aliphatic heterocycles. The standard InChI is InChI=1S/C19H22O6/c1-2-17(20)24-15-8-3-13(4-9-15)5-12-18(21)25-16-10-6-14(7-11-16)19(22)23/h2-4,8-9,14,16H,1,5-7,10-12H2,(H,22,23). The number of carbonyl (C=O) groups is 3. The Hall–Kier alpha value is -2.63. The second-order valence-corrected chi connectivity index (χ2v) is 6.07. The first-order valence-corrected chi connectivity index (χ1v) is 8.33. The topological polar surface area (TPSA) is 89.9 Å². The van der Waals surface area contributed by atoms with E-state index in [0.29, 0.717) is 37.9 Å². The predicted octanol–water partition coefficient (Wildman–Crippen LogP) is 2.90. The molecule has 1 N–H and O–H groups in total. The van der Waals surface area contributed by atoms with Gasteiger partial charge in [0.15, 0.2) is 0 Å². The van der Waals surface area contributed by atoms with E-state index in [1.807, 2.05) is 0 Å². The molecule has 6 heteroatoms. The number of hydrogen-bond donors (Lipinski definition) is 1. The normalized spacial score (nSPS) is 19.7. The number of carboxylic acid groups (broad SMARTS) is 1. The molecule has 1 aliphatic rings. The van der Waals surface area contributed by atoms with E-state index in [9.17, 15) is 14.4 Å². The van der Waals surface area contributed by atoms with E-state index in [2.05, 4.69) is 6.58 Å². The fraction of sp³-hybridized carbons (Fsp3) is 0.421. The van der Waals surface area contributed by atoms with Gasteiger partial charge in [-0.15, -0.1) is 0 Å². The van der Waals surface area contributed by atoms with Gasteiger partial charge in [0.2, 0.25) is 0 Å². The van der Waals surface area contributed by atoms with E-state index >= 15 is 0 Å². The van der Waals surface area contributed by atoms with E-state index in [4.69, 9.17) is 14.6 Å².